The minimum Gasteiger partial charge on any atom is -0.107 e. The molecule has 0 heteroatoms. The lowest BCUT2D eigenvalue weighted by atomic mass is 9.50. The minimum atomic E-state index is 0.294. The molecule has 2 fully saturated rings. The van der Waals surface area contributed by atoms with Crippen molar-refractivity contribution in [2.24, 2.45) is 28.6 Å². The molecular formula is C22H28. The summed E-state index contributed by atoms with van der Waals surface area (Å²) in [5.74, 6) is 9.06. The Kier molecular flexibility index (Phi) is 3.37. The number of hydrogen-bond acceptors (Lipinski definition) is 0. The van der Waals surface area contributed by atoms with E-state index in [1.807, 2.05) is 6.92 Å². The average Bonchev–Trinajstić information content (AvgIpc) is 2.96. The lowest BCUT2D eigenvalue weighted by Gasteiger charge is -2.54. The van der Waals surface area contributed by atoms with Crippen LogP contribution in [0, 0.1) is 40.4 Å². The van der Waals surface area contributed by atoms with Crippen LogP contribution in [-0.2, 0) is 0 Å². The first-order valence-electron chi connectivity index (χ1n) is 9.16. The van der Waals surface area contributed by atoms with Crippen LogP contribution in [0.4, 0.5) is 0 Å². The fourth-order valence-electron chi connectivity index (χ4n) is 6.16. The lowest BCUT2D eigenvalue weighted by molar-refractivity contribution is 0.0172. The quantitative estimate of drug-likeness (QED) is 0.431. The maximum Gasteiger partial charge on any atom is 0.0148 e. The van der Waals surface area contributed by atoms with Crippen LogP contribution in [0.25, 0.3) is 0 Å². The van der Waals surface area contributed by atoms with Crippen LogP contribution in [0.1, 0.15) is 58.8 Å². The fourth-order valence-corrected chi connectivity index (χ4v) is 6.16. The first-order chi connectivity index (χ1) is 10.7. The van der Waals surface area contributed by atoms with E-state index < -0.39 is 0 Å². The van der Waals surface area contributed by atoms with E-state index in [4.69, 9.17) is 0 Å². The van der Waals surface area contributed by atoms with Gasteiger partial charge >= 0.3 is 0 Å². The summed E-state index contributed by atoms with van der Waals surface area (Å²) in [5, 5.41) is 0. The molecule has 0 aromatic carbocycles. The summed E-state index contributed by atoms with van der Waals surface area (Å²) in [6.45, 7) is 4.49. The molecule has 0 aromatic heterocycles. The van der Waals surface area contributed by atoms with Gasteiger partial charge in [0.15, 0.2) is 0 Å². The van der Waals surface area contributed by atoms with E-state index in [1.54, 1.807) is 5.57 Å². The molecule has 0 unspecified atom stereocenters. The van der Waals surface area contributed by atoms with Crippen molar-refractivity contribution in [1.29, 1.82) is 0 Å². The van der Waals surface area contributed by atoms with Gasteiger partial charge in [-0.2, -0.15) is 0 Å². The minimum absolute atomic E-state index is 0.294. The highest BCUT2D eigenvalue weighted by molar-refractivity contribution is 5.40. The first kappa shape index (κ1) is 14.4. The van der Waals surface area contributed by atoms with Gasteiger partial charge in [-0.15, -0.1) is 11.8 Å². The van der Waals surface area contributed by atoms with Crippen molar-refractivity contribution in [1.82, 2.24) is 0 Å². The zero-order valence-corrected chi connectivity index (χ0v) is 14.1. The van der Waals surface area contributed by atoms with E-state index in [9.17, 15) is 0 Å². The van der Waals surface area contributed by atoms with Crippen molar-refractivity contribution in [2.45, 2.75) is 58.8 Å². The van der Waals surface area contributed by atoms with Gasteiger partial charge in [0.05, 0.1) is 0 Å². The molecule has 0 aromatic rings. The van der Waals surface area contributed by atoms with E-state index in [-0.39, 0.29) is 0 Å². The van der Waals surface area contributed by atoms with E-state index in [0.717, 1.165) is 30.6 Å². The number of rotatable bonds is 1. The third-order valence-electron chi connectivity index (χ3n) is 7.30. The molecule has 5 atom stereocenters. The molecule has 0 saturated heterocycles. The van der Waals surface area contributed by atoms with Crippen LogP contribution >= 0.6 is 0 Å². The highest BCUT2D eigenvalue weighted by atomic mass is 14.6. The van der Waals surface area contributed by atoms with Gasteiger partial charge in [-0.05, 0) is 67.8 Å². The van der Waals surface area contributed by atoms with Crippen LogP contribution in [0.15, 0.2) is 36.0 Å². The molecule has 2 saturated carbocycles. The standard InChI is InChI=1S/C22H28/c1-3-4-14-22-15-7-9-20(22)18-11-10-17-8-5-6-13-21(17,2)19(18)12-16-22/h6,8,10-11,13,18-20H,5,7,9,12,14-16H2,1-2H3/t18-,19+,20+,21+,22+/m1/s1. The SMILES string of the molecule is CC#CC[C@@]12CCC[C@H]1[C@@H]1C=CC3=CCC=C[C@]3(C)[C@H]1CC2. The van der Waals surface area contributed by atoms with Crippen molar-refractivity contribution in [2.75, 3.05) is 0 Å². The average molecular weight is 292 g/mol. The summed E-state index contributed by atoms with van der Waals surface area (Å²) in [4.78, 5) is 0. The zero-order chi connectivity index (χ0) is 15.2. The van der Waals surface area contributed by atoms with Crippen molar-refractivity contribution in [3.63, 3.8) is 0 Å². The first-order valence-corrected chi connectivity index (χ1v) is 9.16. The highest BCUT2D eigenvalue weighted by Gasteiger charge is 2.55. The molecular weight excluding hydrogens is 264 g/mol. The Balaban J connectivity index is 1.71. The summed E-state index contributed by atoms with van der Waals surface area (Å²) < 4.78 is 0. The van der Waals surface area contributed by atoms with Crippen molar-refractivity contribution in [3.8, 4) is 11.8 Å². The van der Waals surface area contributed by atoms with E-state index in [0.29, 0.717) is 10.8 Å². The van der Waals surface area contributed by atoms with Crippen LogP contribution in [-0.4, -0.2) is 0 Å². The van der Waals surface area contributed by atoms with Gasteiger partial charge in [0.1, 0.15) is 0 Å². The summed E-state index contributed by atoms with van der Waals surface area (Å²) in [5.41, 5.74) is 2.41. The van der Waals surface area contributed by atoms with Crippen LogP contribution in [0.3, 0.4) is 0 Å². The largest absolute Gasteiger partial charge is 0.107 e. The third kappa shape index (κ3) is 1.91. The molecule has 0 heterocycles. The molecule has 0 bridgehead atoms. The highest BCUT2D eigenvalue weighted by Crippen LogP contribution is 2.63. The normalized spacial score (nSPS) is 45.2. The van der Waals surface area contributed by atoms with Crippen molar-refractivity contribution in [3.05, 3.63) is 36.0 Å². The molecule has 0 aliphatic heterocycles. The third-order valence-corrected chi connectivity index (χ3v) is 7.30. The number of fused-ring (bicyclic) bond motifs is 5. The van der Waals surface area contributed by atoms with Gasteiger partial charge in [0, 0.05) is 11.8 Å². The maximum atomic E-state index is 3.44. The van der Waals surface area contributed by atoms with Gasteiger partial charge < -0.3 is 0 Å². The lowest BCUT2D eigenvalue weighted by Crippen LogP contribution is -2.47. The molecule has 22 heavy (non-hydrogen) atoms. The van der Waals surface area contributed by atoms with E-state index in [2.05, 4.69) is 49.1 Å². The second-order valence-electron chi connectivity index (χ2n) is 8.13. The van der Waals surface area contributed by atoms with E-state index >= 15 is 0 Å². The summed E-state index contributed by atoms with van der Waals surface area (Å²) in [6.07, 6.45) is 21.7. The molecule has 0 amide bonds. The molecule has 4 rings (SSSR count). The molecule has 0 radical (unpaired) electrons. The van der Waals surface area contributed by atoms with Crippen LogP contribution in [0.2, 0.25) is 0 Å². The Labute approximate surface area is 135 Å². The molecule has 4 aliphatic rings. The van der Waals surface area contributed by atoms with Gasteiger partial charge in [0.2, 0.25) is 0 Å². The topological polar surface area (TPSA) is 0 Å². The van der Waals surface area contributed by atoms with Crippen molar-refractivity contribution < 1.29 is 0 Å². The predicted molar refractivity (Wildman–Crippen MR) is 93.1 cm³/mol. The Morgan fingerprint density at radius 1 is 1.23 bits per heavy atom. The Morgan fingerprint density at radius 2 is 2.14 bits per heavy atom. The summed E-state index contributed by atoms with van der Waals surface area (Å²) in [6, 6.07) is 0. The van der Waals surface area contributed by atoms with Gasteiger partial charge in [-0.3, -0.25) is 0 Å². The smallest absolute Gasteiger partial charge is 0.0148 e. The molecule has 0 N–H and O–H groups in total. The summed E-state index contributed by atoms with van der Waals surface area (Å²) in [7, 11) is 0. The molecule has 116 valence electrons. The zero-order valence-electron chi connectivity index (χ0n) is 14.1. The predicted octanol–water partition coefficient (Wildman–Crippen LogP) is 5.67. The Bertz CT molecular complexity index is 608. The molecule has 4 aliphatic carbocycles. The van der Waals surface area contributed by atoms with Gasteiger partial charge in [0.25, 0.3) is 0 Å². The molecule has 0 spiro atoms. The summed E-state index contributed by atoms with van der Waals surface area (Å²) >= 11 is 0. The second kappa shape index (κ2) is 5.16. The number of allylic oxidation sites excluding steroid dienone is 6. The van der Waals surface area contributed by atoms with Crippen molar-refractivity contribution >= 4 is 0 Å². The van der Waals surface area contributed by atoms with Crippen LogP contribution in [0.5, 0.6) is 0 Å². The molecule has 0 nitrogen and oxygen atoms in total. The Morgan fingerprint density at radius 3 is 3.00 bits per heavy atom. The second-order valence-corrected chi connectivity index (χ2v) is 8.13. The maximum absolute atomic E-state index is 3.44. The van der Waals surface area contributed by atoms with Crippen LogP contribution < -0.4 is 0 Å². The van der Waals surface area contributed by atoms with Gasteiger partial charge in [-0.25, -0.2) is 0 Å². The van der Waals surface area contributed by atoms with E-state index in [1.165, 1.54) is 32.1 Å². The number of hydrogen-bond donors (Lipinski definition) is 0. The fraction of sp³-hybridized carbons (Fsp3) is 0.636. The Hall–Kier alpha value is -1.22. The van der Waals surface area contributed by atoms with Gasteiger partial charge in [-0.1, -0.05) is 43.7 Å². The monoisotopic (exact) mass is 292 g/mol.